The topological polar surface area (TPSA) is 86.8 Å². The number of halogens is 4. The van der Waals surface area contributed by atoms with Gasteiger partial charge in [-0.1, -0.05) is 66.6 Å². The van der Waals surface area contributed by atoms with Crippen LogP contribution in [0, 0.1) is 6.92 Å². The van der Waals surface area contributed by atoms with Crippen LogP contribution in [0.2, 0.25) is 5.02 Å². The van der Waals surface area contributed by atoms with Gasteiger partial charge in [0.05, 0.1) is 21.2 Å². The number of nitrogens with one attached hydrogen (secondary N) is 1. The van der Waals surface area contributed by atoms with E-state index in [1.807, 2.05) is 32.9 Å². The largest absolute Gasteiger partial charge is 0.417 e. The molecule has 0 bridgehead atoms. The number of hydrogen-bond acceptors (Lipinski definition) is 4. The minimum atomic E-state index is -4.88. The number of carbonyl (C=O) groups excluding carboxylic acids is 2. The summed E-state index contributed by atoms with van der Waals surface area (Å²) in [5.41, 5.74) is -0.000839. The zero-order chi connectivity index (χ0) is 31.2. The standard InChI is InChI=1S/C30H33ClF3N3O4S/c1-5-21(3)35-29(39)22(4)36(18-23-13-11-20(2)12-14-23)28(38)19-37(42(40,41)25-9-7-6-8-10-25)24-15-16-27(31)26(17-24)30(32,33)34/h6-17,21-22H,5,18-19H2,1-4H3,(H,35,39)/t21-,22-/m0/s1. The van der Waals surface area contributed by atoms with Gasteiger partial charge in [0, 0.05) is 12.6 Å². The molecule has 0 fully saturated rings. The van der Waals surface area contributed by atoms with E-state index in [0.717, 1.165) is 17.7 Å². The minimum Gasteiger partial charge on any atom is -0.352 e. The first-order valence-corrected chi connectivity index (χ1v) is 15.1. The van der Waals surface area contributed by atoms with Crippen molar-refractivity contribution >= 4 is 39.1 Å². The van der Waals surface area contributed by atoms with Crippen molar-refractivity contribution in [1.82, 2.24) is 10.2 Å². The van der Waals surface area contributed by atoms with E-state index < -0.39 is 56.9 Å². The molecule has 12 heteroatoms. The fourth-order valence-corrected chi connectivity index (χ4v) is 5.72. The summed E-state index contributed by atoms with van der Waals surface area (Å²) in [6, 6.07) is 15.7. The summed E-state index contributed by atoms with van der Waals surface area (Å²) in [5.74, 6) is -1.24. The van der Waals surface area contributed by atoms with E-state index in [4.69, 9.17) is 11.6 Å². The second-order valence-corrected chi connectivity index (χ2v) is 12.3. The Bertz CT molecular complexity index is 1500. The van der Waals surface area contributed by atoms with Gasteiger partial charge in [0.1, 0.15) is 12.6 Å². The Labute approximate surface area is 249 Å². The predicted octanol–water partition coefficient (Wildman–Crippen LogP) is 6.19. The molecule has 3 rings (SSSR count). The molecule has 42 heavy (non-hydrogen) atoms. The first-order valence-electron chi connectivity index (χ1n) is 13.2. The van der Waals surface area contributed by atoms with Crippen LogP contribution < -0.4 is 9.62 Å². The number of rotatable bonds is 11. The van der Waals surface area contributed by atoms with Gasteiger partial charge in [-0.15, -0.1) is 0 Å². The van der Waals surface area contributed by atoms with Gasteiger partial charge in [-0.25, -0.2) is 8.42 Å². The Morgan fingerprint density at radius 2 is 1.60 bits per heavy atom. The summed E-state index contributed by atoms with van der Waals surface area (Å²) in [4.78, 5) is 28.0. The summed E-state index contributed by atoms with van der Waals surface area (Å²) in [6.45, 7) is 6.19. The lowest BCUT2D eigenvalue weighted by molar-refractivity contribution is -0.139. The molecular weight excluding hydrogens is 591 g/mol. The third-order valence-corrected chi connectivity index (χ3v) is 8.91. The highest BCUT2D eigenvalue weighted by Crippen LogP contribution is 2.38. The number of sulfonamides is 1. The normalized spacial score (nSPS) is 13.2. The molecule has 1 N–H and O–H groups in total. The van der Waals surface area contributed by atoms with E-state index in [1.54, 1.807) is 18.2 Å². The van der Waals surface area contributed by atoms with E-state index in [1.165, 1.54) is 36.1 Å². The van der Waals surface area contributed by atoms with Crippen LogP contribution in [0.3, 0.4) is 0 Å². The number of hydrogen-bond donors (Lipinski definition) is 1. The Kier molecular flexibility index (Phi) is 10.7. The van der Waals surface area contributed by atoms with Crippen LogP contribution in [0.4, 0.5) is 18.9 Å². The van der Waals surface area contributed by atoms with E-state index in [0.29, 0.717) is 22.4 Å². The lowest BCUT2D eigenvalue weighted by Crippen LogP contribution is -2.52. The van der Waals surface area contributed by atoms with Crippen LogP contribution in [-0.4, -0.2) is 43.8 Å². The molecule has 0 spiro atoms. The van der Waals surface area contributed by atoms with Crippen molar-refractivity contribution in [2.45, 2.75) is 63.8 Å². The molecule has 2 amide bonds. The van der Waals surface area contributed by atoms with Crippen molar-refractivity contribution in [3.05, 3.63) is 94.5 Å². The summed E-state index contributed by atoms with van der Waals surface area (Å²) in [5, 5.41) is 2.21. The van der Waals surface area contributed by atoms with Gasteiger partial charge in [-0.2, -0.15) is 13.2 Å². The van der Waals surface area contributed by atoms with Crippen LogP contribution >= 0.6 is 11.6 Å². The highest BCUT2D eigenvalue weighted by Gasteiger charge is 2.37. The third kappa shape index (κ3) is 8.04. The van der Waals surface area contributed by atoms with Crippen LogP contribution in [0.1, 0.15) is 43.9 Å². The van der Waals surface area contributed by atoms with Gasteiger partial charge < -0.3 is 10.2 Å². The summed E-state index contributed by atoms with van der Waals surface area (Å²) < 4.78 is 69.4. The average molecular weight is 624 g/mol. The molecule has 0 aromatic heterocycles. The third-order valence-electron chi connectivity index (χ3n) is 6.80. The van der Waals surface area contributed by atoms with Gasteiger partial charge in [0.2, 0.25) is 11.8 Å². The van der Waals surface area contributed by atoms with Gasteiger partial charge in [0.15, 0.2) is 0 Å². The zero-order valence-corrected chi connectivity index (χ0v) is 25.2. The quantitative estimate of drug-likeness (QED) is 0.276. The lowest BCUT2D eigenvalue weighted by Gasteiger charge is -2.32. The molecule has 0 saturated heterocycles. The van der Waals surface area contributed by atoms with Crippen LogP contribution in [-0.2, 0) is 32.3 Å². The molecule has 0 aliphatic heterocycles. The molecule has 0 aliphatic carbocycles. The number of nitrogens with zero attached hydrogens (tertiary/aromatic N) is 2. The summed E-state index contributed by atoms with van der Waals surface area (Å²) >= 11 is 5.80. The zero-order valence-electron chi connectivity index (χ0n) is 23.7. The molecule has 7 nitrogen and oxygen atoms in total. The minimum absolute atomic E-state index is 0.0398. The average Bonchev–Trinajstić information content (AvgIpc) is 2.95. The van der Waals surface area contributed by atoms with Crippen molar-refractivity contribution in [1.29, 1.82) is 0 Å². The number of anilines is 1. The Morgan fingerprint density at radius 1 is 0.976 bits per heavy atom. The number of carbonyl (C=O) groups is 2. The molecule has 226 valence electrons. The highest BCUT2D eigenvalue weighted by molar-refractivity contribution is 7.92. The van der Waals surface area contributed by atoms with Crippen LogP contribution in [0.15, 0.2) is 77.7 Å². The Morgan fingerprint density at radius 3 is 2.17 bits per heavy atom. The fourth-order valence-electron chi connectivity index (χ4n) is 4.07. The van der Waals surface area contributed by atoms with Crippen LogP contribution in [0.5, 0.6) is 0 Å². The Balaban J connectivity index is 2.10. The molecule has 0 saturated carbocycles. The molecule has 0 heterocycles. The molecule has 2 atom stereocenters. The van der Waals surface area contributed by atoms with E-state index in [9.17, 15) is 31.2 Å². The number of amides is 2. The smallest absolute Gasteiger partial charge is 0.352 e. The maximum Gasteiger partial charge on any atom is 0.417 e. The number of alkyl halides is 3. The molecule has 3 aromatic rings. The van der Waals surface area contributed by atoms with Crippen molar-refractivity contribution in [2.24, 2.45) is 0 Å². The first-order chi connectivity index (χ1) is 19.6. The maximum atomic E-state index is 13.9. The molecule has 3 aromatic carbocycles. The van der Waals surface area contributed by atoms with E-state index in [2.05, 4.69) is 5.32 Å². The lowest BCUT2D eigenvalue weighted by atomic mass is 10.1. The van der Waals surface area contributed by atoms with Crippen molar-refractivity contribution in [3.63, 3.8) is 0 Å². The molecule has 0 aliphatic rings. The van der Waals surface area contributed by atoms with Crippen molar-refractivity contribution in [2.75, 3.05) is 10.8 Å². The summed E-state index contributed by atoms with van der Waals surface area (Å²) in [7, 11) is -4.53. The number of benzene rings is 3. The van der Waals surface area contributed by atoms with Gasteiger partial charge >= 0.3 is 6.18 Å². The van der Waals surface area contributed by atoms with Gasteiger partial charge in [0.25, 0.3) is 10.0 Å². The van der Waals surface area contributed by atoms with E-state index >= 15 is 0 Å². The first kappa shape index (κ1) is 32.9. The van der Waals surface area contributed by atoms with Crippen LogP contribution in [0.25, 0.3) is 0 Å². The number of aryl methyl sites for hydroxylation is 1. The predicted molar refractivity (Wildman–Crippen MR) is 157 cm³/mol. The fraction of sp³-hybridized carbons (Fsp3) is 0.333. The van der Waals surface area contributed by atoms with Gasteiger partial charge in [-0.3, -0.25) is 13.9 Å². The maximum absolute atomic E-state index is 13.9. The second kappa shape index (κ2) is 13.6. The van der Waals surface area contributed by atoms with Crippen molar-refractivity contribution in [3.8, 4) is 0 Å². The second-order valence-electron chi connectivity index (χ2n) is 9.99. The summed E-state index contributed by atoms with van der Waals surface area (Å²) in [6.07, 6.45) is -4.23. The molecule has 0 unspecified atom stereocenters. The highest BCUT2D eigenvalue weighted by atomic mass is 35.5. The SMILES string of the molecule is CC[C@H](C)NC(=O)[C@H](C)N(Cc1ccc(C)cc1)C(=O)CN(c1ccc(Cl)c(C(F)(F)F)c1)S(=O)(=O)c1ccccc1. The van der Waals surface area contributed by atoms with Gasteiger partial charge in [-0.05, 0) is 63.1 Å². The van der Waals surface area contributed by atoms with E-state index in [-0.39, 0.29) is 17.5 Å². The molecular formula is C30H33ClF3N3O4S. The Hall–Kier alpha value is -3.57. The van der Waals surface area contributed by atoms with Crippen molar-refractivity contribution < 1.29 is 31.2 Å². The monoisotopic (exact) mass is 623 g/mol. The molecule has 0 radical (unpaired) electrons.